The van der Waals surface area contributed by atoms with Crippen LogP contribution >= 0.6 is 11.3 Å². The van der Waals surface area contributed by atoms with Crippen molar-refractivity contribution in [2.45, 2.75) is 13.0 Å². The van der Waals surface area contributed by atoms with Crippen LogP contribution in [0.15, 0.2) is 72.1 Å². The topological polar surface area (TPSA) is 64.6 Å². The van der Waals surface area contributed by atoms with E-state index in [9.17, 15) is 9.59 Å². The summed E-state index contributed by atoms with van der Waals surface area (Å²) in [6, 6.07) is 19.5. The second-order valence-corrected chi connectivity index (χ2v) is 6.54. The molecular weight excluding hydrogens is 362 g/mol. The largest absolute Gasteiger partial charge is 0.492 e. The third-order valence-corrected chi connectivity index (χ3v) is 4.58. The number of thiophene rings is 1. The molecule has 5 nitrogen and oxygen atoms in total. The fourth-order valence-corrected chi connectivity index (χ4v) is 3.12. The van der Waals surface area contributed by atoms with Crippen LogP contribution in [0.1, 0.15) is 28.3 Å². The van der Waals surface area contributed by atoms with Crippen LogP contribution in [0.5, 0.6) is 5.75 Å². The average Bonchev–Trinajstić information content (AvgIpc) is 3.23. The second-order valence-electron chi connectivity index (χ2n) is 5.59. The van der Waals surface area contributed by atoms with Gasteiger partial charge in [0, 0.05) is 5.56 Å². The summed E-state index contributed by atoms with van der Waals surface area (Å²) < 4.78 is 11.1. The van der Waals surface area contributed by atoms with Gasteiger partial charge in [-0.1, -0.05) is 48.5 Å². The molecule has 0 bridgehead atoms. The normalized spacial score (nSPS) is 11.4. The quantitative estimate of drug-likeness (QED) is 0.603. The number of hydrogen-bond acceptors (Lipinski definition) is 5. The van der Waals surface area contributed by atoms with E-state index < -0.39 is 18.0 Å². The van der Waals surface area contributed by atoms with Gasteiger partial charge in [0.2, 0.25) is 6.10 Å². The molecule has 138 valence electrons. The van der Waals surface area contributed by atoms with Crippen LogP contribution in [0, 0.1) is 0 Å². The van der Waals surface area contributed by atoms with E-state index >= 15 is 0 Å². The summed E-state index contributed by atoms with van der Waals surface area (Å²) in [5.74, 6) is -0.421. The average molecular weight is 381 g/mol. The molecule has 0 spiro atoms. The molecule has 3 rings (SSSR count). The first-order valence-corrected chi connectivity index (χ1v) is 9.39. The van der Waals surface area contributed by atoms with Crippen LogP contribution < -0.4 is 10.1 Å². The highest BCUT2D eigenvalue weighted by molar-refractivity contribution is 7.11. The Bertz CT molecular complexity index is 894. The zero-order valence-corrected chi connectivity index (χ0v) is 15.6. The van der Waals surface area contributed by atoms with Crippen LogP contribution in [-0.4, -0.2) is 18.5 Å². The maximum absolute atomic E-state index is 12.9. The van der Waals surface area contributed by atoms with Crippen LogP contribution in [0.2, 0.25) is 0 Å². The van der Waals surface area contributed by atoms with Gasteiger partial charge < -0.3 is 14.8 Å². The van der Waals surface area contributed by atoms with Crippen LogP contribution in [0.4, 0.5) is 5.69 Å². The molecule has 6 heteroatoms. The molecule has 0 fully saturated rings. The highest BCUT2D eigenvalue weighted by Crippen LogP contribution is 2.27. The molecule has 1 N–H and O–H groups in total. The molecule has 0 aliphatic rings. The Morgan fingerprint density at radius 3 is 2.44 bits per heavy atom. The molecule has 2 aromatic carbocycles. The smallest absolute Gasteiger partial charge is 0.349 e. The summed E-state index contributed by atoms with van der Waals surface area (Å²) in [6.07, 6.45) is -1.07. The Kier molecular flexibility index (Phi) is 6.22. The first kappa shape index (κ1) is 18.7. The molecular formula is C21H19NO4S. The predicted molar refractivity (Wildman–Crippen MR) is 105 cm³/mol. The van der Waals surface area contributed by atoms with E-state index in [1.54, 1.807) is 60.0 Å². The minimum atomic E-state index is -1.07. The van der Waals surface area contributed by atoms with Crippen LogP contribution in [0.25, 0.3) is 0 Å². The zero-order chi connectivity index (χ0) is 19.1. The Balaban J connectivity index is 1.84. The molecule has 27 heavy (non-hydrogen) atoms. The Labute approximate surface area is 161 Å². The number of anilines is 1. The Morgan fingerprint density at radius 1 is 1.00 bits per heavy atom. The van der Waals surface area contributed by atoms with E-state index in [0.29, 0.717) is 28.5 Å². The van der Waals surface area contributed by atoms with E-state index in [4.69, 9.17) is 9.47 Å². The molecule has 3 aromatic rings. The van der Waals surface area contributed by atoms with E-state index in [1.807, 2.05) is 19.1 Å². The molecule has 0 saturated carbocycles. The fraction of sp³-hybridized carbons (Fsp3) is 0.143. The highest BCUT2D eigenvalue weighted by Gasteiger charge is 2.26. The van der Waals surface area contributed by atoms with Crippen LogP contribution in [0.3, 0.4) is 0 Å². The van der Waals surface area contributed by atoms with Crippen molar-refractivity contribution in [2.24, 2.45) is 0 Å². The lowest BCUT2D eigenvalue weighted by Gasteiger charge is -2.19. The first-order chi connectivity index (χ1) is 13.2. The number of rotatable bonds is 7. The predicted octanol–water partition coefficient (Wildman–Crippen LogP) is 4.68. The maximum Gasteiger partial charge on any atom is 0.349 e. The number of benzene rings is 2. The van der Waals surface area contributed by atoms with Gasteiger partial charge in [-0.3, -0.25) is 4.79 Å². The first-order valence-electron chi connectivity index (χ1n) is 8.51. The standard InChI is InChI=1S/C21H19NO4S/c1-2-25-17-12-7-6-11-16(17)22-20(23)19(15-9-4-3-5-10-15)26-21(24)18-13-8-14-27-18/h3-14,19H,2H2,1H3,(H,22,23)/t19-/m0/s1. The lowest BCUT2D eigenvalue weighted by atomic mass is 10.1. The third-order valence-electron chi connectivity index (χ3n) is 3.73. The molecule has 1 heterocycles. The van der Waals surface area contributed by atoms with Gasteiger partial charge in [0.1, 0.15) is 10.6 Å². The van der Waals surface area contributed by atoms with E-state index in [-0.39, 0.29) is 0 Å². The monoisotopic (exact) mass is 381 g/mol. The van der Waals surface area contributed by atoms with Crippen LogP contribution in [-0.2, 0) is 9.53 Å². The van der Waals surface area contributed by atoms with Gasteiger partial charge in [-0.05, 0) is 30.5 Å². The zero-order valence-electron chi connectivity index (χ0n) is 14.8. The number of carbonyl (C=O) groups is 2. The summed E-state index contributed by atoms with van der Waals surface area (Å²) in [4.78, 5) is 25.8. The van der Waals surface area contributed by atoms with Gasteiger partial charge in [-0.25, -0.2) is 4.79 Å². The molecule has 1 aromatic heterocycles. The molecule has 0 radical (unpaired) electrons. The van der Waals surface area contributed by atoms with Gasteiger partial charge in [0.15, 0.2) is 0 Å². The number of hydrogen-bond donors (Lipinski definition) is 1. The third kappa shape index (κ3) is 4.74. The molecule has 0 saturated heterocycles. The Hall–Kier alpha value is -3.12. The van der Waals surface area contributed by atoms with Crippen molar-refractivity contribution in [1.29, 1.82) is 0 Å². The summed E-state index contributed by atoms with van der Waals surface area (Å²) in [5, 5.41) is 4.59. The van der Waals surface area contributed by atoms with Crippen molar-refractivity contribution in [1.82, 2.24) is 0 Å². The minimum absolute atomic E-state index is 0.443. The van der Waals surface area contributed by atoms with E-state index in [1.165, 1.54) is 11.3 Å². The number of carbonyl (C=O) groups excluding carboxylic acids is 2. The number of esters is 1. The van der Waals surface area contributed by atoms with Crippen molar-refractivity contribution in [3.63, 3.8) is 0 Å². The number of nitrogens with one attached hydrogen (secondary N) is 1. The van der Waals surface area contributed by atoms with Crippen molar-refractivity contribution in [3.05, 3.63) is 82.6 Å². The van der Waals surface area contributed by atoms with Crippen molar-refractivity contribution >= 4 is 28.9 Å². The van der Waals surface area contributed by atoms with Crippen molar-refractivity contribution < 1.29 is 19.1 Å². The van der Waals surface area contributed by atoms with Crippen molar-refractivity contribution in [3.8, 4) is 5.75 Å². The summed E-state index contributed by atoms with van der Waals surface area (Å²) in [5.41, 5.74) is 1.12. The lowest BCUT2D eigenvalue weighted by molar-refractivity contribution is -0.125. The summed E-state index contributed by atoms with van der Waals surface area (Å²) in [6.45, 7) is 2.34. The maximum atomic E-state index is 12.9. The second kappa shape index (κ2) is 9.00. The van der Waals surface area contributed by atoms with E-state index in [0.717, 1.165) is 0 Å². The fourth-order valence-electron chi connectivity index (χ4n) is 2.51. The van der Waals surface area contributed by atoms with Gasteiger partial charge in [-0.15, -0.1) is 11.3 Å². The van der Waals surface area contributed by atoms with Gasteiger partial charge in [-0.2, -0.15) is 0 Å². The highest BCUT2D eigenvalue weighted by atomic mass is 32.1. The van der Waals surface area contributed by atoms with E-state index in [2.05, 4.69) is 5.32 Å². The molecule has 1 atom stereocenters. The van der Waals surface area contributed by atoms with Crippen molar-refractivity contribution in [2.75, 3.05) is 11.9 Å². The molecule has 0 aliphatic carbocycles. The number of ether oxygens (including phenoxy) is 2. The van der Waals surface area contributed by atoms with Gasteiger partial charge >= 0.3 is 5.97 Å². The van der Waals surface area contributed by atoms with Gasteiger partial charge in [0.05, 0.1) is 12.3 Å². The number of amides is 1. The van der Waals surface area contributed by atoms with Gasteiger partial charge in [0.25, 0.3) is 5.91 Å². The Morgan fingerprint density at radius 2 is 1.74 bits per heavy atom. The molecule has 0 unspecified atom stereocenters. The number of para-hydroxylation sites is 2. The molecule has 0 aliphatic heterocycles. The SMILES string of the molecule is CCOc1ccccc1NC(=O)[C@@H](OC(=O)c1cccs1)c1ccccc1. The summed E-state index contributed by atoms with van der Waals surface area (Å²) >= 11 is 1.27. The molecule has 1 amide bonds. The lowest BCUT2D eigenvalue weighted by Crippen LogP contribution is -2.26. The summed E-state index contributed by atoms with van der Waals surface area (Å²) in [7, 11) is 0. The minimum Gasteiger partial charge on any atom is -0.492 e.